The van der Waals surface area contributed by atoms with Crippen molar-refractivity contribution >= 4 is 35.2 Å². The first-order chi connectivity index (χ1) is 19.9. The molecule has 222 valence electrons. The normalized spacial score (nSPS) is 14.4. The minimum absolute atomic E-state index is 0.0771. The summed E-state index contributed by atoms with van der Waals surface area (Å²) in [7, 11) is 0. The number of ether oxygens (including phenoxy) is 1. The molecule has 0 bridgehead atoms. The molecule has 0 radical (unpaired) electrons. The molecule has 3 aromatic carbocycles. The van der Waals surface area contributed by atoms with Crippen LogP contribution in [0.5, 0.6) is 5.75 Å². The van der Waals surface area contributed by atoms with Crippen LogP contribution < -0.4 is 10.6 Å². The Labute approximate surface area is 252 Å². The minimum Gasteiger partial charge on any atom is -0.507 e. The van der Waals surface area contributed by atoms with E-state index in [-0.39, 0.29) is 23.8 Å². The number of amides is 3. The van der Waals surface area contributed by atoms with Gasteiger partial charge in [0.25, 0.3) is 5.91 Å². The Morgan fingerprint density at radius 2 is 1.62 bits per heavy atom. The van der Waals surface area contributed by atoms with Crippen molar-refractivity contribution in [3.05, 3.63) is 94.0 Å². The van der Waals surface area contributed by atoms with Gasteiger partial charge in [-0.25, -0.2) is 4.79 Å². The molecule has 4 rings (SSSR count). The quantitative estimate of drug-likeness (QED) is 0.264. The van der Waals surface area contributed by atoms with Crippen LogP contribution in [0, 0.1) is 13.8 Å². The Bertz CT molecular complexity index is 1430. The Balaban J connectivity index is 1.77. The number of hydrogen-bond acceptors (Lipinski definition) is 5. The molecule has 2 atom stereocenters. The number of rotatable bonds is 9. The molecule has 3 N–H and O–H groups in total. The van der Waals surface area contributed by atoms with E-state index in [4.69, 9.17) is 16.3 Å². The van der Waals surface area contributed by atoms with Gasteiger partial charge < -0.3 is 25.4 Å². The predicted octanol–water partition coefficient (Wildman–Crippen LogP) is 6.47. The van der Waals surface area contributed by atoms with Gasteiger partial charge in [-0.2, -0.15) is 0 Å². The van der Waals surface area contributed by atoms with E-state index >= 15 is 0 Å². The summed E-state index contributed by atoms with van der Waals surface area (Å²) in [5.74, 6) is -1.06. The fraction of sp³-hybridized carbons (Fsp3) is 0.364. The van der Waals surface area contributed by atoms with Crippen LogP contribution in [0.25, 0.3) is 0 Å². The average Bonchev–Trinajstić information content (AvgIpc) is 3.75. The smallest absolute Gasteiger partial charge is 0.408 e. The number of aryl methyl sites for hydroxylation is 2. The van der Waals surface area contributed by atoms with E-state index in [1.54, 1.807) is 58.0 Å². The zero-order valence-corrected chi connectivity index (χ0v) is 25.4. The maximum atomic E-state index is 14.5. The number of para-hydroxylation sites is 2. The molecule has 8 nitrogen and oxygen atoms in total. The topological polar surface area (TPSA) is 108 Å². The molecule has 42 heavy (non-hydrogen) atoms. The second kappa shape index (κ2) is 12.9. The standard InChI is InChI=1S/C33H38ClN3O5/c1-20-11-10-16-25(34)27(20)36-30(39)28(24-15-9-12-21(2)29(24)38)37(23-17-18-23)31(40)26(19-22-13-7-6-8-14-22)35-32(41)42-33(3,4)5/h6-16,23,26,28,38H,17-19H2,1-5H3,(H,35,41)(H,36,39). The molecule has 1 aliphatic rings. The predicted molar refractivity (Wildman–Crippen MR) is 164 cm³/mol. The van der Waals surface area contributed by atoms with Crippen molar-refractivity contribution in [3.63, 3.8) is 0 Å². The molecule has 3 aromatic rings. The first-order valence-corrected chi connectivity index (χ1v) is 14.4. The Hall–Kier alpha value is -4.04. The van der Waals surface area contributed by atoms with Gasteiger partial charge in [-0.15, -0.1) is 0 Å². The van der Waals surface area contributed by atoms with E-state index in [1.807, 2.05) is 43.3 Å². The number of nitrogens with zero attached hydrogens (tertiary/aromatic N) is 1. The van der Waals surface area contributed by atoms with Gasteiger partial charge in [-0.3, -0.25) is 9.59 Å². The molecular weight excluding hydrogens is 554 g/mol. The minimum atomic E-state index is -1.20. The first-order valence-electron chi connectivity index (χ1n) is 14.1. The van der Waals surface area contributed by atoms with Gasteiger partial charge in [-0.05, 0) is 70.2 Å². The van der Waals surface area contributed by atoms with E-state index < -0.39 is 35.6 Å². The summed E-state index contributed by atoms with van der Waals surface area (Å²) in [4.78, 5) is 43.1. The largest absolute Gasteiger partial charge is 0.507 e. The zero-order chi connectivity index (χ0) is 30.6. The lowest BCUT2D eigenvalue weighted by Gasteiger charge is -2.35. The average molecular weight is 592 g/mol. The van der Waals surface area contributed by atoms with Crippen LogP contribution in [-0.2, 0) is 20.7 Å². The van der Waals surface area contributed by atoms with Gasteiger partial charge in [0.15, 0.2) is 0 Å². The zero-order valence-electron chi connectivity index (χ0n) is 24.6. The van der Waals surface area contributed by atoms with Crippen molar-refractivity contribution in [1.82, 2.24) is 10.2 Å². The number of hydrogen-bond donors (Lipinski definition) is 3. The Morgan fingerprint density at radius 3 is 2.24 bits per heavy atom. The molecule has 1 aliphatic carbocycles. The van der Waals surface area contributed by atoms with Gasteiger partial charge in [0.05, 0.1) is 10.7 Å². The van der Waals surface area contributed by atoms with Crippen molar-refractivity contribution < 1.29 is 24.2 Å². The summed E-state index contributed by atoms with van der Waals surface area (Å²) < 4.78 is 5.49. The van der Waals surface area contributed by atoms with Crippen LogP contribution in [0.4, 0.5) is 10.5 Å². The second-order valence-electron chi connectivity index (χ2n) is 11.7. The van der Waals surface area contributed by atoms with E-state index in [9.17, 15) is 19.5 Å². The summed E-state index contributed by atoms with van der Waals surface area (Å²) in [5.41, 5.74) is 2.08. The number of halogens is 1. The molecule has 0 aliphatic heterocycles. The number of benzene rings is 3. The molecule has 1 fully saturated rings. The third-order valence-electron chi connectivity index (χ3n) is 7.03. The number of nitrogens with one attached hydrogen (secondary N) is 2. The third-order valence-corrected chi connectivity index (χ3v) is 7.34. The maximum absolute atomic E-state index is 14.5. The Morgan fingerprint density at radius 1 is 0.976 bits per heavy atom. The third kappa shape index (κ3) is 7.62. The van der Waals surface area contributed by atoms with E-state index in [0.717, 1.165) is 11.1 Å². The molecule has 9 heteroatoms. The van der Waals surface area contributed by atoms with Crippen LogP contribution in [0.2, 0.25) is 5.02 Å². The van der Waals surface area contributed by atoms with Gasteiger partial charge in [0.1, 0.15) is 23.4 Å². The number of phenolic OH excluding ortho intramolecular Hbond substituents is 1. The number of carbonyl (C=O) groups is 3. The monoisotopic (exact) mass is 591 g/mol. The van der Waals surface area contributed by atoms with Crippen molar-refractivity contribution in [3.8, 4) is 5.75 Å². The second-order valence-corrected chi connectivity index (χ2v) is 12.1. The summed E-state index contributed by atoms with van der Waals surface area (Å²) in [6.07, 6.45) is 0.800. The Kier molecular flexibility index (Phi) is 9.46. The molecule has 3 amide bonds. The SMILES string of the molecule is Cc1cccc(C(C(=O)Nc2c(C)cccc2Cl)N(C(=O)C(Cc2ccccc2)NC(=O)OC(C)(C)C)C2CC2)c1O. The van der Waals surface area contributed by atoms with Crippen molar-refractivity contribution in [2.75, 3.05) is 5.32 Å². The molecule has 1 saturated carbocycles. The van der Waals surface area contributed by atoms with E-state index in [2.05, 4.69) is 10.6 Å². The molecule has 0 aromatic heterocycles. The molecule has 0 spiro atoms. The summed E-state index contributed by atoms with van der Waals surface area (Å²) >= 11 is 6.44. The van der Waals surface area contributed by atoms with Gasteiger partial charge >= 0.3 is 6.09 Å². The van der Waals surface area contributed by atoms with E-state index in [0.29, 0.717) is 29.1 Å². The van der Waals surface area contributed by atoms with Crippen LogP contribution in [-0.4, -0.2) is 45.6 Å². The van der Waals surface area contributed by atoms with Crippen LogP contribution >= 0.6 is 11.6 Å². The molecule has 0 saturated heterocycles. The van der Waals surface area contributed by atoms with Crippen LogP contribution in [0.15, 0.2) is 66.7 Å². The highest BCUT2D eigenvalue weighted by atomic mass is 35.5. The lowest BCUT2D eigenvalue weighted by molar-refractivity contribution is -0.141. The molecule has 0 heterocycles. The van der Waals surface area contributed by atoms with Gasteiger partial charge in [0, 0.05) is 18.0 Å². The lowest BCUT2D eigenvalue weighted by atomic mass is 9.97. The highest BCUT2D eigenvalue weighted by Crippen LogP contribution is 2.40. The number of aromatic hydroxyl groups is 1. The molecule has 2 unspecified atom stereocenters. The summed E-state index contributed by atoms with van der Waals surface area (Å²) in [6, 6.07) is 17.2. The fourth-order valence-corrected chi connectivity index (χ4v) is 5.12. The van der Waals surface area contributed by atoms with Gasteiger partial charge in [-0.1, -0.05) is 72.3 Å². The van der Waals surface area contributed by atoms with Crippen LogP contribution in [0.1, 0.15) is 61.9 Å². The lowest BCUT2D eigenvalue weighted by Crippen LogP contribution is -2.54. The van der Waals surface area contributed by atoms with E-state index in [1.165, 1.54) is 4.90 Å². The number of carbonyl (C=O) groups excluding carboxylic acids is 3. The number of phenols is 1. The first kappa shape index (κ1) is 30.9. The number of alkyl carbamates (subject to hydrolysis) is 1. The summed E-state index contributed by atoms with van der Waals surface area (Å²) in [6.45, 7) is 8.79. The summed E-state index contributed by atoms with van der Waals surface area (Å²) in [5, 5.41) is 17.2. The van der Waals surface area contributed by atoms with Crippen molar-refractivity contribution in [2.24, 2.45) is 0 Å². The number of anilines is 1. The highest BCUT2D eigenvalue weighted by Gasteiger charge is 2.45. The van der Waals surface area contributed by atoms with Crippen molar-refractivity contribution in [2.45, 2.75) is 77.6 Å². The van der Waals surface area contributed by atoms with Gasteiger partial charge in [0.2, 0.25) is 5.91 Å². The van der Waals surface area contributed by atoms with Crippen molar-refractivity contribution in [1.29, 1.82) is 0 Å². The fourth-order valence-electron chi connectivity index (χ4n) is 4.85. The molecular formula is C33H38ClN3O5. The van der Waals surface area contributed by atoms with Crippen LogP contribution in [0.3, 0.4) is 0 Å². The maximum Gasteiger partial charge on any atom is 0.408 e. The highest BCUT2D eigenvalue weighted by molar-refractivity contribution is 6.34.